The Morgan fingerprint density at radius 1 is 0.732 bits per heavy atom. The van der Waals surface area contributed by atoms with Crippen molar-refractivity contribution in [2.24, 2.45) is 0 Å². The minimum absolute atomic E-state index is 0.0144. The monoisotopic (exact) mass is 582 g/mol. The van der Waals surface area contributed by atoms with E-state index in [-0.39, 0.29) is 41.3 Å². The largest absolute Gasteiger partial charge is 0.435 e. The molecule has 3 aromatic carbocycles. The van der Waals surface area contributed by atoms with E-state index in [0.29, 0.717) is 17.7 Å². The van der Waals surface area contributed by atoms with Gasteiger partial charge in [-0.3, -0.25) is 14.4 Å². The molecule has 0 saturated carbocycles. The molecule has 0 bridgehead atoms. The highest BCUT2D eigenvalue weighted by Gasteiger charge is 2.73. The smallest absolute Gasteiger partial charge is 0.311 e. The van der Waals surface area contributed by atoms with Gasteiger partial charge in [-0.1, -0.05) is 36.4 Å². The minimum Gasteiger partial charge on any atom is -0.311 e. The molecular formula is C29H25F7N2O3. The molecule has 0 radical (unpaired) electrons. The Hall–Kier alpha value is -4.22. The van der Waals surface area contributed by atoms with E-state index in [1.54, 1.807) is 36.4 Å². The van der Waals surface area contributed by atoms with Crippen molar-refractivity contribution in [2.45, 2.75) is 38.3 Å². The summed E-state index contributed by atoms with van der Waals surface area (Å²) in [6.07, 6.45) is -12.5. The molecule has 0 saturated heterocycles. The molecule has 3 aromatic rings. The van der Waals surface area contributed by atoms with Crippen LogP contribution < -0.4 is 9.80 Å². The van der Waals surface area contributed by atoms with Crippen molar-refractivity contribution in [3.63, 3.8) is 0 Å². The molecule has 0 aliphatic heterocycles. The van der Waals surface area contributed by atoms with E-state index in [1.807, 2.05) is 0 Å². The van der Waals surface area contributed by atoms with Crippen molar-refractivity contribution < 1.29 is 45.1 Å². The molecule has 5 nitrogen and oxygen atoms in total. The van der Waals surface area contributed by atoms with Gasteiger partial charge >= 0.3 is 18.0 Å². The number of ketones is 1. The zero-order chi connectivity index (χ0) is 30.8. The van der Waals surface area contributed by atoms with Gasteiger partial charge in [0.25, 0.3) is 11.8 Å². The highest BCUT2D eigenvalue weighted by Crippen LogP contribution is 2.53. The molecule has 0 atom stereocenters. The molecular weight excluding hydrogens is 557 g/mol. The van der Waals surface area contributed by atoms with Crippen LogP contribution in [-0.4, -0.2) is 43.5 Å². The van der Waals surface area contributed by atoms with Crippen LogP contribution in [0.4, 0.5) is 42.1 Å². The topological polar surface area (TPSA) is 57.7 Å². The summed E-state index contributed by atoms with van der Waals surface area (Å²) in [5.41, 5.74) is -6.90. The summed E-state index contributed by atoms with van der Waals surface area (Å²) in [6.45, 7) is 2.53. The van der Waals surface area contributed by atoms with Crippen LogP contribution in [0.2, 0.25) is 0 Å². The van der Waals surface area contributed by atoms with Gasteiger partial charge in [0.15, 0.2) is 0 Å². The van der Waals surface area contributed by atoms with E-state index in [0.717, 1.165) is 17.9 Å². The van der Waals surface area contributed by atoms with Gasteiger partial charge in [0.1, 0.15) is 5.78 Å². The number of hydrogen-bond acceptors (Lipinski definition) is 3. The Bertz CT molecular complexity index is 1420. The van der Waals surface area contributed by atoms with E-state index in [4.69, 9.17) is 0 Å². The summed E-state index contributed by atoms with van der Waals surface area (Å²) < 4.78 is 93.6. The Labute approximate surface area is 231 Å². The fraction of sp³-hybridized carbons (Fsp3) is 0.276. The number of amides is 2. The van der Waals surface area contributed by atoms with Crippen molar-refractivity contribution in [2.75, 3.05) is 23.4 Å². The molecule has 3 rings (SSSR count). The first-order chi connectivity index (χ1) is 19.0. The normalized spacial score (nSPS) is 12.1. The van der Waals surface area contributed by atoms with Crippen molar-refractivity contribution in [1.29, 1.82) is 0 Å². The molecule has 41 heavy (non-hydrogen) atoms. The summed E-state index contributed by atoms with van der Waals surface area (Å²) in [7, 11) is 1.25. The molecule has 0 unspecified atom stereocenters. The standard InChI is InChI=1S/C29H25F7N2O3/c1-18-16-22(27(30,28(31,32)33)29(34,35)36)12-13-24(18)37(3)25(40)21-10-7-11-23(17-21)38(15-14-19(2)39)26(41)20-8-5-4-6-9-20/h4-13,16-17H,14-15H2,1-3H3. The Kier molecular flexibility index (Phi) is 8.95. The third kappa shape index (κ3) is 6.41. The Balaban J connectivity index is 1.96. The first-order valence-corrected chi connectivity index (χ1v) is 12.2. The SMILES string of the molecule is CC(=O)CCN(C(=O)c1ccccc1)c1cccc(C(=O)N(C)c2ccc(C(F)(C(F)(F)F)C(F)(F)F)cc2C)c1. The van der Waals surface area contributed by atoms with E-state index < -0.39 is 35.4 Å². The van der Waals surface area contributed by atoms with Gasteiger partial charge in [0.05, 0.1) is 0 Å². The fourth-order valence-electron chi connectivity index (χ4n) is 4.20. The second kappa shape index (κ2) is 11.7. The molecule has 0 aromatic heterocycles. The highest BCUT2D eigenvalue weighted by molar-refractivity contribution is 6.09. The minimum atomic E-state index is -6.27. The van der Waals surface area contributed by atoms with Crippen LogP contribution in [0.3, 0.4) is 0 Å². The predicted molar refractivity (Wildman–Crippen MR) is 139 cm³/mol. The fourth-order valence-corrected chi connectivity index (χ4v) is 4.20. The van der Waals surface area contributed by atoms with Crippen molar-refractivity contribution in [3.8, 4) is 0 Å². The van der Waals surface area contributed by atoms with Crippen LogP contribution in [0.25, 0.3) is 0 Å². The van der Waals surface area contributed by atoms with E-state index >= 15 is 0 Å². The van der Waals surface area contributed by atoms with Crippen molar-refractivity contribution in [3.05, 3.63) is 95.1 Å². The van der Waals surface area contributed by atoms with E-state index in [2.05, 4.69) is 0 Å². The maximum Gasteiger partial charge on any atom is 0.435 e. The lowest BCUT2D eigenvalue weighted by Gasteiger charge is -2.31. The molecule has 0 heterocycles. The van der Waals surface area contributed by atoms with Crippen LogP contribution in [0, 0.1) is 6.92 Å². The molecule has 12 heteroatoms. The van der Waals surface area contributed by atoms with Crippen molar-refractivity contribution >= 4 is 29.0 Å². The van der Waals surface area contributed by atoms with Gasteiger partial charge < -0.3 is 9.80 Å². The maximum atomic E-state index is 14.5. The molecule has 0 aliphatic carbocycles. The quantitative estimate of drug-likeness (QED) is 0.264. The predicted octanol–water partition coefficient (Wildman–Crippen LogP) is 7.19. The van der Waals surface area contributed by atoms with E-state index in [9.17, 15) is 45.1 Å². The first-order valence-electron chi connectivity index (χ1n) is 12.2. The molecule has 0 aliphatic rings. The lowest BCUT2D eigenvalue weighted by molar-refractivity contribution is -0.348. The zero-order valence-electron chi connectivity index (χ0n) is 22.1. The van der Waals surface area contributed by atoms with Gasteiger partial charge in [-0.25, -0.2) is 4.39 Å². The number of anilines is 2. The average molecular weight is 583 g/mol. The van der Waals surface area contributed by atoms with Crippen molar-refractivity contribution in [1.82, 2.24) is 0 Å². The first kappa shape index (κ1) is 31.3. The number of carbonyl (C=O) groups is 3. The summed E-state index contributed by atoms with van der Waals surface area (Å²) in [5, 5.41) is 0. The van der Waals surface area contributed by atoms with Gasteiger partial charge in [-0.15, -0.1) is 0 Å². The van der Waals surface area contributed by atoms with Crippen LogP contribution in [0.5, 0.6) is 0 Å². The lowest BCUT2D eigenvalue weighted by atomic mass is 9.92. The number of Topliss-reactive ketones (excluding diaryl/α,β-unsaturated/α-hetero) is 1. The number of benzene rings is 3. The molecule has 0 spiro atoms. The molecule has 2 amide bonds. The number of rotatable bonds is 8. The lowest BCUT2D eigenvalue weighted by Crippen LogP contribution is -2.50. The summed E-state index contributed by atoms with van der Waals surface area (Å²) in [6, 6.07) is 15.6. The van der Waals surface area contributed by atoms with Gasteiger partial charge in [-0.05, 0) is 55.8 Å². The number of hydrogen-bond donors (Lipinski definition) is 0. The Morgan fingerprint density at radius 3 is 1.85 bits per heavy atom. The molecule has 0 N–H and O–H groups in total. The maximum absolute atomic E-state index is 14.5. The average Bonchev–Trinajstić information content (AvgIpc) is 2.91. The van der Waals surface area contributed by atoms with Gasteiger partial charge in [0, 0.05) is 48.1 Å². The Morgan fingerprint density at radius 2 is 1.32 bits per heavy atom. The highest BCUT2D eigenvalue weighted by atomic mass is 19.4. The van der Waals surface area contributed by atoms with Gasteiger partial charge in [0.2, 0.25) is 0 Å². The summed E-state index contributed by atoms with van der Waals surface area (Å²) >= 11 is 0. The van der Waals surface area contributed by atoms with Crippen LogP contribution in [-0.2, 0) is 10.5 Å². The molecule has 218 valence electrons. The number of alkyl halides is 7. The third-order valence-corrected chi connectivity index (χ3v) is 6.40. The second-order valence-corrected chi connectivity index (χ2v) is 9.34. The summed E-state index contributed by atoms with van der Waals surface area (Å²) in [4.78, 5) is 40.5. The number of aryl methyl sites for hydroxylation is 1. The zero-order valence-corrected chi connectivity index (χ0v) is 22.1. The number of nitrogens with zero attached hydrogens (tertiary/aromatic N) is 2. The van der Waals surface area contributed by atoms with Crippen LogP contribution in [0.1, 0.15) is 45.2 Å². The van der Waals surface area contributed by atoms with Gasteiger partial charge in [-0.2, -0.15) is 26.3 Å². The van der Waals surface area contributed by atoms with E-state index in [1.165, 1.54) is 37.1 Å². The summed E-state index contributed by atoms with van der Waals surface area (Å²) in [5.74, 6) is -1.31. The third-order valence-electron chi connectivity index (χ3n) is 6.40. The number of halogens is 7. The van der Waals surface area contributed by atoms with Crippen LogP contribution in [0.15, 0.2) is 72.8 Å². The molecule has 0 fully saturated rings. The van der Waals surface area contributed by atoms with Crippen LogP contribution >= 0.6 is 0 Å². The number of carbonyl (C=O) groups excluding carboxylic acids is 3. The second-order valence-electron chi connectivity index (χ2n) is 9.34.